The van der Waals surface area contributed by atoms with Crippen LogP contribution in [0.25, 0.3) is 0 Å². The van der Waals surface area contributed by atoms with Crippen molar-refractivity contribution in [2.45, 2.75) is 32.2 Å². The molecule has 3 N–H and O–H groups in total. The number of rotatable bonds is 5. The zero-order chi connectivity index (χ0) is 12.1. The molecule has 0 aliphatic heterocycles. The molecule has 1 aliphatic carbocycles. The van der Waals surface area contributed by atoms with E-state index in [-0.39, 0.29) is 5.91 Å². The lowest BCUT2D eigenvalue weighted by atomic mass is 10.2. The van der Waals surface area contributed by atoms with E-state index >= 15 is 0 Å². The van der Waals surface area contributed by atoms with E-state index in [0.717, 1.165) is 6.42 Å². The molecule has 4 heteroatoms. The van der Waals surface area contributed by atoms with Gasteiger partial charge < -0.3 is 15.5 Å². The van der Waals surface area contributed by atoms with Crippen molar-refractivity contribution in [1.82, 2.24) is 5.32 Å². The van der Waals surface area contributed by atoms with Crippen molar-refractivity contribution in [3.63, 3.8) is 0 Å². The number of carbonyl (C=O) groups is 1. The molecule has 92 valence electrons. The van der Waals surface area contributed by atoms with Gasteiger partial charge in [-0.25, -0.2) is 0 Å². The maximum absolute atomic E-state index is 11.7. The smallest absolute Gasteiger partial charge is 0.287 e. The second-order valence-electron chi connectivity index (χ2n) is 4.23. The van der Waals surface area contributed by atoms with Crippen LogP contribution in [0.2, 0.25) is 0 Å². The summed E-state index contributed by atoms with van der Waals surface area (Å²) in [6.07, 6.45) is 6.82. The van der Waals surface area contributed by atoms with Crippen LogP contribution in [0.3, 0.4) is 0 Å². The highest BCUT2D eigenvalue weighted by atomic mass is 16.4. The first-order valence-corrected chi connectivity index (χ1v) is 6.04. The van der Waals surface area contributed by atoms with Crippen LogP contribution in [0.5, 0.6) is 0 Å². The van der Waals surface area contributed by atoms with Crippen LogP contribution < -0.4 is 11.1 Å². The van der Waals surface area contributed by atoms with Gasteiger partial charge in [0.1, 0.15) is 5.76 Å². The first-order chi connectivity index (χ1) is 8.29. The van der Waals surface area contributed by atoms with Crippen molar-refractivity contribution in [1.29, 1.82) is 0 Å². The largest absolute Gasteiger partial charge is 0.455 e. The van der Waals surface area contributed by atoms with Gasteiger partial charge in [-0.1, -0.05) is 11.6 Å². The van der Waals surface area contributed by atoms with Gasteiger partial charge in [-0.3, -0.25) is 4.79 Å². The topological polar surface area (TPSA) is 68.3 Å². The molecule has 1 aromatic rings. The minimum Gasteiger partial charge on any atom is -0.455 e. The molecule has 2 rings (SSSR count). The number of furan rings is 1. The van der Waals surface area contributed by atoms with Gasteiger partial charge in [-0.15, -0.1) is 0 Å². The van der Waals surface area contributed by atoms with Crippen molar-refractivity contribution in [3.05, 3.63) is 35.3 Å². The van der Waals surface area contributed by atoms with Crippen LogP contribution in [-0.2, 0) is 6.54 Å². The number of hydrogen-bond donors (Lipinski definition) is 2. The zero-order valence-electron chi connectivity index (χ0n) is 9.87. The summed E-state index contributed by atoms with van der Waals surface area (Å²) in [6.45, 7) is 0.990. The van der Waals surface area contributed by atoms with E-state index in [0.29, 0.717) is 24.6 Å². The van der Waals surface area contributed by atoms with E-state index in [1.54, 1.807) is 12.1 Å². The standard InChI is InChI=1S/C13H18N2O2/c14-9-11-5-6-12(17-11)13(16)15-8-7-10-3-1-2-4-10/h3,5-6H,1-2,4,7-9,14H2,(H,15,16). The van der Waals surface area contributed by atoms with Crippen molar-refractivity contribution in [2.24, 2.45) is 5.73 Å². The van der Waals surface area contributed by atoms with Gasteiger partial charge >= 0.3 is 0 Å². The molecule has 0 unspecified atom stereocenters. The third kappa shape index (κ3) is 3.20. The van der Waals surface area contributed by atoms with Crippen LogP contribution >= 0.6 is 0 Å². The molecule has 0 atom stereocenters. The second kappa shape index (κ2) is 5.68. The Labute approximate surface area is 101 Å². The molecule has 0 saturated carbocycles. The number of carbonyl (C=O) groups excluding carboxylic acids is 1. The third-order valence-corrected chi connectivity index (χ3v) is 2.95. The molecule has 0 saturated heterocycles. The third-order valence-electron chi connectivity index (χ3n) is 2.95. The molecule has 4 nitrogen and oxygen atoms in total. The minimum atomic E-state index is -0.164. The Balaban J connectivity index is 1.76. The minimum absolute atomic E-state index is 0.164. The van der Waals surface area contributed by atoms with E-state index in [2.05, 4.69) is 11.4 Å². The van der Waals surface area contributed by atoms with Crippen LogP contribution in [0.15, 0.2) is 28.2 Å². The van der Waals surface area contributed by atoms with Gasteiger partial charge in [0.25, 0.3) is 5.91 Å². The average Bonchev–Trinajstić information content (AvgIpc) is 2.99. The molecule has 0 aromatic carbocycles. The number of amides is 1. The van der Waals surface area contributed by atoms with E-state index in [1.165, 1.54) is 24.8 Å². The molecule has 0 bridgehead atoms. The van der Waals surface area contributed by atoms with Crippen LogP contribution in [0.1, 0.15) is 42.0 Å². The summed E-state index contributed by atoms with van der Waals surface area (Å²) in [5.41, 5.74) is 6.86. The Bertz CT molecular complexity index is 421. The van der Waals surface area contributed by atoms with E-state index in [9.17, 15) is 4.79 Å². The fraction of sp³-hybridized carbons (Fsp3) is 0.462. The number of hydrogen-bond acceptors (Lipinski definition) is 3. The predicted molar refractivity (Wildman–Crippen MR) is 65.5 cm³/mol. The highest BCUT2D eigenvalue weighted by molar-refractivity contribution is 5.91. The SMILES string of the molecule is NCc1ccc(C(=O)NCCC2=CCCC2)o1. The van der Waals surface area contributed by atoms with Crippen molar-refractivity contribution in [2.75, 3.05) is 6.54 Å². The van der Waals surface area contributed by atoms with Gasteiger partial charge in [-0.05, 0) is 37.8 Å². The first kappa shape index (κ1) is 11.9. The summed E-state index contributed by atoms with van der Waals surface area (Å²) in [7, 11) is 0. The van der Waals surface area contributed by atoms with E-state index in [4.69, 9.17) is 10.2 Å². The number of nitrogens with two attached hydrogens (primary N) is 1. The van der Waals surface area contributed by atoms with Gasteiger partial charge in [0.15, 0.2) is 5.76 Å². The highest BCUT2D eigenvalue weighted by Crippen LogP contribution is 2.19. The summed E-state index contributed by atoms with van der Waals surface area (Å²) >= 11 is 0. The molecule has 1 aliphatic rings. The normalized spacial score (nSPS) is 14.8. The molecule has 0 spiro atoms. The summed E-state index contributed by atoms with van der Waals surface area (Å²) in [6, 6.07) is 3.39. The second-order valence-corrected chi connectivity index (χ2v) is 4.23. The average molecular weight is 234 g/mol. The molecule has 1 heterocycles. The van der Waals surface area contributed by atoms with Gasteiger partial charge in [0.05, 0.1) is 6.54 Å². The molecular weight excluding hydrogens is 216 g/mol. The van der Waals surface area contributed by atoms with Gasteiger partial charge in [0, 0.05) is 6.54 Å². The van der Waals surface area contributed by atoms with Crippen molar-refractivity contribution in [3.8, 4) is 0 Å². The maximum atomic E-state index is 11.7. The maximum Gasteiger partial charge on any atom is 0.287 e. The molecule has 17 heavy (non-hydrogen) atoms. The molecule has 1 aromatic heterocycles. The fourth-order valence-corrected chi connectivity index (χ4v) is 2.00. The van der Waals surface area contributed by atoms with E-state index in [1.807, 2.05) is 0 Å². The fourth-order valence-electron chi connectivity index (χ4n) is 2.00. The number of allylic oxidation sites excluding steroid dienone is 1. The first-order valence-electron chi connectivity index (χ1n) is 6.04. The van der Waals surface area contributed by atoms with Crippen LogP contribution in [0, 0.1) is 0 Å². The van der Waals surface area contributed by atoms with Crippen LogP contribution in [0.4, 0.5) is 0 Å². The summed E-state index contributed by atoms with van der Waals surface area (Å²) in [5.74, 6) is 0.808. The Kier molecular flexibility index (Phi) is 3.98. The quantitative estimate of drug-likeness (QED) is 0.765. The predicted octanol–water partition coefficient (Wildman–Crippen LogP) is 1.97. The summed E-state index contributed by atoms with van der Waals surface area (Å²) in [4.78, 5) is 11.7. The van der Waals surface area contributed by atoms with E-state index < -0.39 is 0 Å². The lowest BCUT2D eigenvalue weighted by Gasteiger charge is -2.03. The molecule has 0 fully saturated rings. The summed E-state index contributed by atoms with van der Waals surface area (Å²) in [5, 5.41) is 2.85. The monoisotopic (exact) mass is 234 g/mol. The Morgan fingerprint density at radius 3 is 3.00 bits per heavy atom. The highest BCUT2D eigenvalue weighted by Gasteiger charge is 2.10. The lowest BCUT2D eigenvalue weighted by molar-refractivity contribution is 0.0924. The molecule has 0 radical (unpaired) electrons. The number of nitrogens with one attached hydrogen (secondary N) is 1. The Morgan fingerprint density at radius 1 is 1.47 bits per heavy atom. The van der Waals surface area contributed by atoms with Gasteiger partial charge in [0.2, 0.25) is 0 Å². The molecular formula is C13H18N2O2. The van der Waals surface area contributed by atoms with Crippen molar-refractivity contribution < 1.29 is 9.21 Å². The Morgan fingerprint density at radius 2 is 2.35 bits per heavy atom. The van der Waals surface area contributed by atoms with Crippen molar-refractivity contribution >= 4 is 5.91 Å². The zero-order valence-corrected chi connectivity index (χ0v) is 9.87. The summed E-state index contributed by atoms with van der Waals surface area (Å²) < 4.78 is 5.27. The molecule has 1 amide bonds. The lowest BCUT2D eigenvalue weighted by Crippen LogP contribution is -2.24. The van der Waals surface area contributed by atoms with Crippen LogP contribution in [-0.4, -0.2) is 12.5 Å². The Hall–Kier alpha value is -1.55. The van der Waals surface area contributed by atoms with Gasteiger partial charge in [-0.2, -0.15) is 0 Å².